The van der Waals surface area contributed by atoms with Gasteiger partial charge in [-0.25, -0.2) is 0 Å². The van der Waals surface area contributed by atoms with Gasteiger partial charge < -0.3 is 14.6 Å². The fourth-order valence-electron chi connectivity index (χ4n) is 2.13. The normalized spacial score (nSPS) is 21.2. The first-order valence-electron chi connectivity index (χ1n) is 5.71. The van der Waals surface area contributed by atoms with Crippen molar-refractivity contribution in [1.29, 1.82) is 0 Å². The molecule has 2 rings (SSSR count). The van der Waals surface area contributed by atoms with E-state index < -0.39 is 0 Å². The molecule has 1 atom stereocenters. The molecule has 0 radical (unpaired) electrons. The number of likely N-dealkylation sites (tertiary alicyclic amines) is 1. The lowest BCUT2D eigenvalue weighted by molar-refractivity contribution is -0.122. The molecule has 1 aromatic heterocycles. The predicted molar refractivity (Wildman–Crippen MR) is 60.8 cm³/mol. The molecule has 0 saturated carbocycles. The van der Waals surface area contributed by atoms with Gasteiger partial charge in [-0.05, 0) is 38.1 Å². The van der Waals surface area contributed by atoms with E-state index in [9.17, 15) is 4.79 Å². The van der Waals surface area contributed by atoms with E-state index in [1.165, 1.54) is 0 Å². The van der Waals surface area contributed by atoms with Gasteiger partial charge in [-0.15, -0.1) is 0 Å². The molecule has 1 N–H and O–H groups in total. The van der Waals surface area contributed by atoms with Crippen LogP contribution >= 0.6 is 0 Å². The molecule has 88 valence electrons. The predicted octanol–water partition coefficient (Wildman–Crippen LogP) is 1.24. The zero-order valence-corrected chi connectivity index (χ0v) is 9.61. The summed E-state index contributed by atoms with van der Waals surface area (Å²) in [5.74, 6) is 1.44. The molecule has 1 fully saturated rings. The van der Waals surface area contributed by atoms with Crippen LogP contribution in [0.2, 0.25) is 0 Å². The number of nitrogens with zero attached hydrogens (tertiary/aromatic N) is 1. The lowest BCUT2D eigenvalue weighted by atomic mass is 10.0. The minimum Gasteiger partial charge on any atom is -0.467 e. The quantitative estimate of drug-likeness (QED) is 0.833. The molecule has 4 heteroatoms. The first kappa shape index (κ1) is 11.2. The Balaban J connectivity index is 1.68. The first-order valence-corrected chi connectivity index (χ1v) is 5.71. The number of furan rings is 1. The van der Waals surface area contributed by atoms with Crippen LogP contribution in [0.15, 0.2) is 22.8 Å². The van der Waals surface area contributed by atoms with Gasteiger partial charge >= 0.3 is 0 Å². The number of carbonyl (C=O) groups excluding carboxylic acids is 1. The summed E-state index contributed by atoms with van der Waals surface area (Å²) in [6, 6.07) is 3.69. The van der Waals surface area contributed by atoms with Gasteiger partial charge in [0.2, 0.25) is 5.91 Å². The van der Waals surface area contributed by atoms with Crippen LogP contribution in [0.5, 0.6) is 0 Å². The van der Waals surface area contributed by atoms with Gasteiger partial charge in [0, 0.05) is 13.0 Å². The van der Waals surface area contributed by atoms with Crippen LogP contribution < -0.4 is 5.32 Å². The number of nitrogens with one attached hydrogen (secondary N) is 1. The summed E-state index contributed by atoms with van der Waals surface area (Å²) in [6.07, 6.45) is 3.38. The number of rotatable bonds is 4. The molecule has 4 nitrogen and oxygen atoms in total. The second-order valence-corrected chi connectivity index (χ2v) is 4.48. The summed E-state index contributed by atoms with van der Waals surface area (Å²) in [5.41, 5.74) is 0. The molecule has 1 aliphatic rings. The molecular weight excluding hydrogens is 204 g/mol. The summed E-state index contributed by atoms with van der Waals surface area (Å²) in [6.45, 7) is 2.64. The fourth-order valence-corrected chi connectivity index (χ4v) is 2.13. The van der Waals surface area contributed by atoms with Gasteiger partial charge in [-0.1, -0.05) is 0 Å². The lowest BCUT2D eigenvalue weighted by Gasteiger charge is -2.09. The maximum atomic E-state index is 11.6. The zero-order valence-electron chi connectivity index (χ0n) is 9.61. The third-order valence-electron chi connectivity index (χ3n) is 3.00. The van der Waals surface area contributed by atoms with Crippen LogP contribution in [0, 0.1) is 5.92 Å². The molecule has 2 heterocycles. The summed E-state index contributed by atoms with van der Waals surface area (Å²) < 4.78 is 5.15. The highest BCUT2D eigenvalue weighted by molar-refractivity contribution is 5.76. The van der Waals surface area contributed by atoms with Crippen molar-refractivity contribution in [2.24, 2.45) is 5.92 Å². The van der Waals surface area contributed by atoms with Crippen molar-refractivity contribution in [3.8, 4) is 0 Å². The van der Waals surface area contributed by atoms with Crippen LogP contribution in [-0.4, -0.2) is 30.9 Å². The average molecular weight is 222 g/mol. The largest absolute Gasteiger partial charge is 0.467 e. The molecule has 0 aromatic carbocycles. The highest BCUT2D eigenvalue weighted by atomic mass is 16.3. The van der Waals surface area contributed by atoms with E-state index in [0.717, 1.165) is 25.3 Å². The molecule has 1 aromatic rings. The van der Waals surface area contributed by atoms with Crippen molar-refractivity contribution in [3.63, 3.8) is 0 Å². The van der Waals surface area contributed by atoms with E-state index in [4.69, 9.17) is 4.42 Å². The smallest absolute Gasteiger partial charge is 0.220 e. The first-order chi connectivity index (χ1) is 7.74. The molecule has 1 aliphatic heterocycles. The second-order valence-electron chi connectivity index (χ2n) is 4.48. The second kappa shape index (κ2) is 5.16. The summed E-state index contributed by atoms with van der Waals surface area (Å²) in [7, 11) is 2.10. The van der Waals surface area contributed by atoms with Crippen molar-refractivity contribution >= 4 is 5.91 Å². The van der Waals surface area contributed by atoms with Crippen molar-refractivity contribution in [1.82, 2.24) is 10.2 Å². The Morgan fingerprint density at radius 3 is 3.19 bits per heavy atom. The Labute approximate surface area is 95.6 Å². The molecule has 1 amide bonds. The Hall–Kier alpha value is -1.29. The van der Waals surface area contributed by atoms with Crippen LogP contribution in [0.3, 0.4) is 0 Å². The highest BCUT2D eigenvalue weighted by Gasteiger charge is 2.21. The fraction of sp³-hybridized carbons (Fsp3) is 0.583. The SMILES string of the molecule is CN1CCC(CC(=O)NCc2ccco2)C1. The number of hydrogen-bond acceptors (Lipinski definition) is 3. The van der Waals surface area contributed by atoms with Crippen molar-refractivity contribution in [2.45, 2.75) is 19.4 Å². The topological polar surface area (TPSA) is 45.5 Å². The van der Waals surface area contributed by atoms with Gasteiger partial charge in [-0.3, -0.25) is 4.79 Å². The van der Waals surface area contributed by atoms with E-state index in [1.54, 1.807) is 6.26 Å². The highest BCUT2D eigenvalue weighted by Crippen LogP contribution is 2.17. The maximum absolute atomic E-state index is 11.6. The molecule has 1 saturated heterocycles. The van der Waals surface area contributed by atoms with E-state index in [2.05, 4.69) is 17.3 Å². The number of amides is 1. The van der Waals surface area contributed by atoms with E-state index in [1.807, 2.05) is 12.1 Å². The Morgan fingerprint density at radius 2 is 2.56 bits per heavy atom. The molecule has 0 aliphatic carbocycles. The minimum absolute atomic E-state index is 0.122. The van der Waals surface area contributed by atoms with Crippen LogP contribution in [0.4, 0.5) is 0 Å². The van der Waals surface area contributed by atoms with Crippen molar-refractivity contribution in [2.75, 3.05) is 20.1 Å². The van der Waals surface area contributed by atoms with E-state index >= 15 is 0 Å². The van der Waals surface area contributed by atoms with Crippen molar-refractivity contribution < 1.29 is 9.21 Å². The molecule has 0 bridgehead atoms. The lowest BCUT2D eigenvalue weighted by Crippen LogP contribution is -2.25. The Morgan fingerprint density at radius 1 is 1.69 bits per heavy atom. The number of hydrogen-bond donors (Lipinski definition) is 1. The minimum atomic E-state index is 0.122. The monoisotopic (exact) mass is 222 g/mol. The third-order valence-corrected chi connectivity index (χ3v) is 3.00. The summed E-state index contributed by atoms with van der Waals surface area (Å²) in [4.78, 5) is 13.9. The molecule has 1 unspecified atom stereocenters. The standard InChI is InChI=1S/C12H18N2O2/c1-14-5-4-10(9-14)7-12(15)13-8-11-3-2-6-16-11/h2-3,6,10H,4-5,7-9H2,1H3,(H,13,15). The summed E-state index contributed by atoms with van der Waals surface area (Å²) >= 11 is 0. The molecular formula is C12H18N2O2. The van der Waals surface area contributed by atoms with E-state index in [-0.39, 0.29) is 5.91 Å². The Kier molecular flexibility index (Phi) is 3.62. The van der Waals surface area contributed by atoms with Gasteiger partial charge in [0.1, 0.15) is 5.76 Å². The van der Waals surface area contributed by atoms with Gasteiger partial charge in [0.25, 0.3) is 0 Å². The van der Waals surface area contributed by atoms with Crippen LogP contribution in [0.25, 0.3) is 0 Å². The van der Waals surface area contributed by atoms with Gasteiger partial charge in [0.15, 0.2) is 0 Å². The van der Waals surface area contributed by atoms with Gasteiger partial charge in [-0.2, -0.15) is 0 Å². The zero-order chi connectivity index (χ0) is 11.4. The van der Waals surface area contributed by atoms with Crippen LogP contribution in [-0.2, 0) is 11.3 Å². The molecule has 0 spiro atoms. The third kappa shape index (κ3) is 3.10. The van der Waals surface area contributed by atoms with Gasteiger partial charge in [0.05, 0.1) is 12.8 Å². The average Bonchev–Trinajstić information content (AvgIpc) is 2.87. The van der Waals surface area contributed by atoms with E-state index in [0.29, 0.717) is 18.9 Å². The Bertz CT molecular complexity index is 335. The maximum Gasteiger partial charge on any atom is 0.220 e. The molecule has 16 heavy (non-hydrogen) atoms. The van der Waals surface area contributed by atoms with Crippen LogP contribution in [0.1, 0.15) is 18.6 Å². The number of carbonyl (C=O) groups is 1. The summed E-state index contributed by atoms with van der Waals surface area (Å²) in [5, 5.41) is 2.88. The van der Waals surface area contributed by atoms with Crippen molar-refractivity contribution in [3.05, 3.63) is 24.2 Å².